The number of amides is 4. The Balaban J connectivity index is 1.43. The van der Waals surface area contributed by atoms with E-state index in [2.05, 4.69) is 10.6 Å². The molecule has 2 aromatic carbocycles. The van der Waals surface area contributed by atoms with Gasteiger partial charge < -0.3 is 35.8 Å². The fourth-order valence-corrected chi connectivity index (χ4v) is 3.98. The molecule has 0 aliphatic carbocycles. The fraction of sp³-hybridized carbons (Fsp3) is 0.370. The molecule has 2 aromatic rings. The number of ether oxygens (including phenoxy) is 2. The fourth-order valence-electron chi connectivity index (χ4n) is 3.98. The molecule has 12 heteroatoms. The Labute approximate surface area is 225 Å². The number of carboxylic acids is 1. The van der Waals surface area contributed by atoms with Crippen molar-refractivity contribution in [3.8, 4) is 11.5 Å². The van der Waals surface area contributed by atoms with Crippen molar-refractivity contribution < 1.29 is 38.6 Å². The summed E-state index contributed by atoms with van der Waals surface area (Å²) in [4.78, 5) is 61.1. The predicted molar refractivity (Wildman–Crippen MR) is 139 cm³/mol. The van der Waals surface area contributed by atoms with E-state index in [4.69, 9.17) is 15.2 Å². The number of rotatable bonds is 11. The van der Waals surface area contributed by atoms with Crippen LogP contribution >= 0.6 is 0 Å². The molecule has 1 heterocycles. The van der Waals surface area contributed by atoms with Crippen molar-refractivity contribution in [3.05, 3.63) is 59.7 Å². The number of benzene rings is 2. The average molecular weight is 541 g/mol. The molecule has 0 spiro atoms. The molecule has 0 unspecified atom stereocenters. The number of aryl methyl sites for hydroxylation is 1. The molecule has 208 valence electrons. The molecular weight excluding hydrogens is 508 g/mol. The number of hydrogen-bond acceptors (Lipinski definition) is 7. The molecule has 1 aliphatic heterocycles. The summed E-state index contributed by atoms with van der Waals surface area (Å²) in [5.74, 6) is -2.23. The molecule has 4 amide bonds. The van der Waals surface area contributed by atoms with Crippen LogP contribution in [0.4, 0.5) is 4.79 Å². The second-order valence-corrected chi connectivity index (χ2v) is 9.17. The lowest BCUT2D eigenvalue weighted by atomic mass is 9.97. The molecule has 0 aromatic heterocycles. The highest BCUT2D eigenvalue weighted by atomic mass is 16.6. The predicted octanol–water partition coefficient (Wildman–Crippen LogP) is 0.998. The Bertz CT molecular complexity index is 1190. The van der Waals surface area contributed by atoms with Gasteiger partial charge in [0, 0.05) is 25.4 Å². The third-order valence-corrected chi connectivity index (χ3v) is 6.26. The quantitative estimate of drug-likeness (QED) is 0.326. The van der Waals surface area contributed by atoms with Gasteiger partial charge in [0.15, 0.2) is 6.61 Å². The van der Waals surface area contributed by atoms with Crippen molar-refractivity contribution >= 4 is 29.8 Å². The Kier molecular flexibility index (Phi) is 10.2. The zero-order chi connectivity index (χ0) is 28.4. The molecule has 0 bridgehead atoms. The van der Waals surface area contributed by atoms with Crippen molar-refractivity contribution in [1.29, 1.82) is 0 Å². The van der Waals surface area contributed by atoms with E-state index in [-0.39, 0.29) is 30.6 Å². The minimum atomic E-state index is -1.24. The number of likely N-dealkylation sites (tertiary alicyclic amines) is 1. The van der Waals surface area contributed by atoms with E-state index in [1.165, 1.54) is 17.0 Å². The number of piperidine rings is 1. The zero-order valence-electron chi connectivity index (χ0n) is 21.6. The van der Waals surface area contributed by atoms with Gasteiger partial charge in [-0.3, -0.25) is 14.4 Å². The zero-order valence-corrected chi connectivity index (χ0v) is 21.6. The lowest BCUT2D eigenvalue weighted by Gasteiger charge is -2.29. The smallest absolute Gasteiger partial charge is 0.415 e. The maximum atomic E-state index is 12.4. The number of carbonyl (C=O) groups is 5. The monoisotopic (exact) mass is 540 g/mol. The summed E-state index contributed by atoms with van der Waals surface area (Å²) in [6.45, 7) is 1.87. The van der Waals surface area contributed by atoms with Crippen molar-refractivity contribution in [2.75, 3.05) is 26.2 Å². The number of nitrogens with two attached hydrogens (primary N) is 1. The molecular formula is C27H32N4O8. The Hall–Kier alpha value is -4.61. The van der Waals surface area contributed by atoms with Crippen LogP contribution in [0.3, 0.4) is 0 Å². The summed E-state index contributed by atoms with van der Waals surface area (Å²) in [6.07, 6.45) is 0.389. The van der Waals surface area contributed by atoms with E-state index in [1.54, 1.807) is 24.3 Å². The molecule has 1 aliphatic rings. The molecule has 0 saturated carbocycles. The van der Waals surface area contributed by atoms with Crippen LogP contribution < -0.4 is 25.8 Å². The first-order valence-corrected chi connectivity index (χ1v) is 12.4. The summed E-state index contributed by atoms with van der Waals surface area (Å²) >= 11 is 0. The first kappa shape index (κ1) is 29.0. The van der Waals surface area contributed by atoms with Crippen LogP contribution in [0.1, 0.15) is 24.0 Å². The summed E-state index contributed by atoms with van der Waals surface area (Å²) in [7, 11) is 0. The SMILES string of the molecule is Cc1ccccc1OCC(=O)NCC(=O)N[C@@H](Cc1ccc(OC(=O)N2CCC(C(N)=O)CC2)cc1)C(=O)O. The number of primary amides is 1. The summed E-state index contributed by atoms with van der Waals surface area (Å²) in [5.41, 5.74) is 6.76. The van der Waals surface area contributed by atoms with Crippen LogP contribution in [0.5, 0.6) is 11.5 Å². The van der Waals surface area contributed by atoms with E-state index < -0.39 is 36.5 Å². The van der Waals surface area contributed by atoms with E-state index in [1.807, 2.05) is 19.1 Å². The molecule has 1 atom stereocenters. The maximum absolute atomic E-state index is 12.4. The van der Waals surface area contributed by atoms with E-state index in [0.29, 0.717) is 37.2 Å². The van der Waals surface area contributed by atoms with Crippen molar-refractivity contribution in [2.24, 2.45) is 11.7 Å². The Morgan fingerprint density at radius 1 is 1.03 bits per heavy atom. The van der Waals surface area contributed by atoms with Gasteiger partial charge in [-0.25, -0.2) is 9.59 Å². The number of nitrogens with zero attached hydrogens (tertiary/aromatic N) is 1. The summed E-state index contributed by atoms with van der Waals surface area (Å²) < 4.78 is 10.8. The minimum Gasteiger partial charge on any atom is -0.484 e. The molecule has 5 N–H and O–H groups in total. The van der Waals surface area contributed by atoms with E-state index >= 15 is 0 Å². The van der Waals surface area contributed by atoms with Crippen molar-refractivity contribution in [3.63, 3.8) is 0 Å². The summed E-state index contributed by atoms with van der Waals surface area (Å²) in [5, 5.41) is 14.3. The number of hydrogen-bond donors (Lipinski definition) is 4. The molecule has 1 saturated heterocycles. The van der Waals surface area contributed by atoms with E-state index in [9.17, 15) is 29.1 Å². The Morgan fingerprint density at radius 3 is 2.31 bits per heavy atom. The number of para-hydroxylation sites is 1. The minimum absolute atomic E-state index is 0.0275. The van der Waals surface area contributed by atoms with Crippen LogP contribution in [0, 0.1) is 12.8 Å². The second kappa shape index (κ2) is 13.8. The summed E-state index contributed by atoms with van der Waals surface area (Å²) in [6, 6.07) is 12.2. The van der Waals surface area contributed by atoms with Gasteiger partial charge in [-0.15, -0.1) is 0 Å². The van der Waals surface area contributed by atoms with Crippen LogP contribution in [-0.2, 0) is 25.6 Å². The molecule has 1 fully saturated rings. The van der Waals surface area contributed by atoms with Gasteiger partial charge in [0.2, 0.25) is 11.8 Å². The van der Waals surface area contributed by atoms with Crippen molar-refractivity contribution in [1.82, 2.24) is 15.5 Å². The van der Waals surface area contributed by atoms with Gasteiger partial charge in [0.05, 0.1) is 6.54 Å². The standard InChI is InChI=1S/C27H32N4O8/c1-17-4-2-3-5-22(17)38-16-24(33)29-15-23(32)30-21(26(35)36)14-18-6-8-20(9-7-18)39-27(37)31-12-10-19(11-13-31)25(28)34/h2-9,19,21H,10-16H2,1H3,(H2,28,34)(H,29,33)(H,30,32)(H,35,36)/t21-/m0/s1. The third-order valence-electron chi connectivity index (χ3n) is 6.26. The van der Waals surface area contributed by atoms with Crippen LogP contribution in [0.15, 0.2) is 48.5 Å². The lowest BCUT2D eigenvalue weighted by molar-refractivity contribution is -0.141. The lowest BCUT2D eigenvalue weighted by Crippen LogP contribution is -2.47. The highest BCUT2D eigenvalue weighted by Crippen LogP contribution is 2.20. The van der Waals surface area contributed by atoms with Gasteiger partial charge in [-0.2, -0.15) is 0 Å². The molecule has 0 radical (unpaired) electrons. The second-order valence-electron chi connectivity index (χ2n) is 9.17. The highest BCUT2D eigenvalue weighted by Gasteiger charge is 2.27. The molecule has 12 nitrogen and oxygen atoms in total. The topological polar surface area (TPSA) is 177 Å². The van der Waals surface area contributed by atoms with Crippen LogP contribution in [0.2, 0.25) is 0 Å². The van der Waals surface area contributed by atoms with Crippen molar-refractivity contribution in [2.45, 2.75) is 32.2 Å². The number of carboxylic acid groups (broad SMARTS) is 1. The van der Waals surface area contributed by atoms with Gasteiger partial charge in [0.25, 0.3) is 5.91 Å². The number of carbonyl (C=O) groups excluding carboxylic acids is 4. The van der Waals surface area contributed by atoms with Crippen LogP contribution in [0.25, 0.3) is 0 Å². The normalized spacial score (nSPS) is 14.1. The number of aliphatic carboxylic acids is 1. The first-order chi connectivity index (χ1) is 18.6. The van der Waals surface area contributed by atoms with E-state index in [0.717, 1.165) is 5.56 Å². The number of nitrogens with one attached hydrogen (secondary N) is 2. The van der Waals surface area contributed by atoms with Crippen LogP contribution in [-0.4, -0.2) is 72.1 Å². The molecule has 39 heavy (non-hydrogen) atoms. The largest absolute Gasteiger partial charge is 0.484 e. The van der Waals surface area contributed by atoms with Gasteiger partial charge in [0.1, 0.15) is 17.5 Å². The maximum Gasteiger partial charge on any atom is 0.415 e. The van der Waals surface area contributed by atoms with Gasteiger partial charge in [-0.1, -0.05) is 30.3 Å². The third kappa shape index (κ3) is 9.02. The average Bonchev–Trinajstić information content (AvgIpc) is 2.92. The highest BCUT2D eigenvalue weighted by molar-refractivity contribution is 5.88. The molecule has 3 rings (SSSR count). The van der Waals surface area contributed by atoms with Gasteiger partial charge >= 0.3 is 12.1 Å². The van der Waals surface area contributed by atoms with Gasteiger partial charge in [-0.05, 0) is 49.1 Å². The Morgan fingerprint density at radius 2 is 1.69 bits per heavy atom. The first-order valence-electron chi connectivity index (χ1n) is 12.4.